The highest BCUT2D eigenvalue weighted by Gasteiger charge is 2.38. The lowest BCUT2D eigenvalue weighted by atomic mass is 10.1. The summed E-state index contributed by atoms with van der Waals surface area (Å²) in [6.07, 6.45) is 0.209. The number of phenolic OH excluding ortho intramolecular Hbond substituents is 2. The van der Waals surface area contributed by atoms with Gasteiger partial charge in [-0.05, 0) is 65.2 Å². The lowest BCUT2D eigenvalue weighted by molar-refractivity contribution is -0.0412. The average Bonchev–Trinajstić information content (AvgIpc) is 3.45. The Balaban J connectivity index is 1.41. The first-order valence-corrected chi connectivity index (χ1v) is 15.1. The molecule has 41 heavy (non-hydrogen) atoms. The normalized spacial score (nSPS) is 15.5. The number of benzene rings is 2. The van der Waals surface area contributed by atoms with Crippen molar-refractivity contribution in [2.75, 3.05) is 18.0 Å². The molecule has 2 aromatic heterocycles. The second-order valence-corrected chi connectivity index (χ2v) is 12.6. The lowest BCUT2D eigenvalue weighted by Crippen LogP contribution is -2.42. The van der Waals surface area contributed by atoms with Crippen LogP contribution in [0.1, 0.15) is 34.3 Å². The minimum Gasteiger partial charge on any atom is -0.508 e. The van der Waals surface area contributed by atoms with Crippen molar-refractivity contribution in [1.29, 1.82) is 0 Å². The zero-order valence-electron chi connectivity index (χ0n) is 22.0. The summed E-state index contributed by atoms with van der Waals surface area (Å²) < 4.78 is 54.2. The molecule has 8 nitrogen and oxygen atoms in total. The van der Waals surface area contributed by atoms with Gasteiger partial charge >= 0.3 is 0 Å². The minimum absolute atomic E-state index is 0.0360. The Kier molecular flexibility index (Phi) is 7.82. The molecular formula is C29H27F2N3O5S2. The second kappa shape index (κ2) is 11.2. The smallest absolute Gasteiger partial charge is 0.262 e. The van der Waals surface area contributed by atoms with Gasteiger partial charge in [0.25, 0.3) is 11.8 Å². The van der Waals surface area contributed by atoms with Crippen molar-refractivity contribution in [2.45, 2.75) is 37.1 Å². The number of phenols is 2. The summed E-state index contributed by atoms with van der Waals surface area (Å²) in [5.74, 6) is -3.81. The molecule has 1 aliphatic rings. The van der Waals surface area contributed by atoms with Gasteiger partial charge in [0.2, 0.25) is 10.0 Å². The van der Waals surface area contributed by atoms with Gasteiger partial charge in [0.1, 0.15) is 16.4 Å². The van der Waals surface area contributed by atoms with Crippen LogP contribution in [0.4, 0.5) is 14.5 Å². The number of amides is 1. The number of hydrogen-bond donors (Lipinski definition) is 2. The van der Waals surface area contributed by atoms with Crippen molar-refractivity contribution < 1.29 is 32.2 Å². The van der Waals surface area contributed by atoms with Crippen molar-refractivity contribution in [3.8, 4) is 22.8 Å². The molecule has 1 amide bonds. The molecule has 2 aromatic carbocycles. The van der Waals surface area contributed by atoms with Crippen LogP contribution < -0.4 is 4.90 Å². The minimum atomic E-state index is -3.96. The number of thiophene rings is 1. The lowest BCUT2D eigenvalue weighted by Gasteiger charge is -2.30. The van der Waals surface area contributed by atoms with Crippen LogP contribution in [-0.4, -0.2) is 52.8 Å². The number of carbonyl (C=O) groups excluding carboxylic acids is 1. The van der Waals surface area contributed by atoms with Crippen molar-refractivity contribution in [3.63, 3.8) is 0 Å². The molecular weight excluding hydrogens is 572 g/mol. The van der Waals surface area contributed by atoms with E-state index in [4.69, 9.17) is 0 Å². The van der Waals surface area contributed by atoms with Crippen molar-refractivity contribution >= 4 is 33.0 Å². The Morgan fingerprint density at radius 2 is 1.78 bits per heavy atom. The molecule has 0 atom stereocenters. The van der Waals surface area contributed by atoms with E-state index in [1.165, 1.54) is 40.6 Å². The average molecular weight is 600 g/mol. The van der Waals surface area contributed by atoms with Gasteiger partial charge < -0.3 is 15.1 Å². The number of hydrogen-bond acceptors (Lipinski definition) is 7. The Labute approximate surface area is 240 Å². The fourth-order valence-electron chi connectivity index (χ4n) is 4.69. The van der Waals surface area contributed by atoms with Crippen molar-refractivity contribution in [1.82, 2.24) is 9.29 Å². The highest BCUT2D eigenvalue weighted by atomic mass is 32.2. The maximum atomic E-state index is 13.5. The molecule has 0 saturated carbocycles. The van der Waals surface area contributed by atoms with E-state index in [2.05, 4.69) is 4.98 Å². The fourth-order valence-corrected chi connectivity index (χ4v) is 6.82. The summed E-state index contributed by atoms with van der Waals surface area (Å²) in [6, 6.07) is 14.2. The summed E-state index contributed by atoms with van der Waals surface area (Å²) >= 11 is 1.49. The number of halogens is 2. The third kappa shape index (κ3) is 6.09. The van der Waals surface area contributed by atoms with E-state index < -0.39 is 34.7 Å². The Bertz CT molecular complexity index is 1670. The van der Waals surface area contributed by atoms with Crippen molar-refractivity contribution in [3.05, 3.63) is 88.2 Å². The molecule has 12 heteroatoms. The number of nitrogens with zero attached hydrogens (tertiary/aromatic N) is 3. The van der Waals surface area contributed by atoms with Gasteiger partial charge in [0.05, 0.1) is 17.8 Å². The molecule has 4 aromatic rings. The summed E-state index contributed by atoms with van der Waals surface area (Å²) in [5.41, 5.74) is 3.29. The fraction of sp³-hybridized carbons (Fsp3) is 0.241. The van der Waals surface area contributed by atoms with E-state index in [-0.39, 0.29) is 41.6 Å². The molecule has 0 radical (unpaired) electrons. The van der Waals surface area contributed by atoms with Crippen LogP contribution in [0.3, 0.4) is 0 Å². The van der Waals surface area contributed by atoms with E-state index >= 15 is 0 Å². The molecule has 0 unspecified atom stereocenters. The zero-order valence-corrected chi connectivity index (χ0v) is 23.6. The number of sulfonamides is 1. The first-order chi connectivity index (χ1) is 19.4. The highest BCUT2D eigenvalue weighted by molar-refractivity contribution is 7.89. The zero-order chi connectivity index (χ0) is 29.4. The highest BCUT2D eigenvalue weighted by Crippen LogP contribution is 2.33. The number of piperidine rings is 1. The topological polar surface area (TPSA) is 111 Å². The Morgan fingerprint density at radius 1 is 1.07 bits per heavy atom. The summed E-state index contributed by atoms with van der Waals surface area (Å²) in [4.78, 5) is 19.3. The predicted molar refractivity (Wildman–Crippen MR) is 152 cm³/mol. The number of aromatic hydroxyl groups is 2. The van der Waals surface area contributed by atoms with Crippen LogP contribution >= 0.6 is 11.3 Å². The van der Waals surface area contributed by atoms with Crippen molar-refractivity contribution in [2.24, 2.45) is 0 Å². The van der Waals surface area contributed by atoms with Gasteiger partial charge in [0.15, 0.2) is 0 Å². The van der Waals surface area contributed by atoms with Crippen LogP contribution in [0.25, 0.3) is 11.3 Å². The Hall–Kier alpha value is -3.87. The first-order valence-electron chi connectivity index (χ1n) is 12.7. The van der Waals surface area contributed by atoms with E-state index in [1.54, 1.807) is 31.2 Å². The van der Waals surface area contributed by atoms with Crippen LogP contribution in [-0.2, 0) is 16.6 Å². The monoisotopic (exact) mass is 599 g/mol. The summed E-state index contributed by atoms with van der Waals surface area (Å²) in [7, 11) is -3.96. The van der Waals surface area contributed by atoms with Crippen LogP contribution in [0.5, 0.6) is 11.5 Å². The van der Waals surface area contributed by atoms with Gasteiger partial charge in [-0.3, -0.25) is 9.78 Å². The van der Waals surface area contributed by atoms with Gasteiger partial charge in [-0.2, -0.15) is 15.6 Å². The largest absolute Gasteiger partial charge is 0.508 e. The van der Waals surface area contributed by atoms with E-state index in [0.29, 0.717) is 22.5 Å². The molecule has 0 bridgehead atoms. The van der Waals surface area contributed by atoms with Gasteiger partial charge in [-0.1, -0.05) is 12.1 Å². The van der Waals surface area contributed by atoms with Crippen LogP contribution in [0.15, 0.2) is 76.4 Å². The molecule has 3 heterocycles. The van der Waals surface area contributed by atoms with Crippen LogP contribution in [0, 0.1) is 6.92 Å². The van der Waals surface area contributed by atoms with Gasteiger partial charge in [-0.15, -0.1) is 0 Å². The molecule has 1 saturated heterocycles. The number of rotatable bonds is 7. The maximum Gasteiger partial charge on any atom is 0.262 e. The SMILES string of the molecule is Cc1cc(S(=O)(=O)N2CCC(F)(F)CC2)cnc1-c1ccc(N(Cc2ccsc2)C(=O)c2ccc(O)cc2O)cc1. The molecule has 2 N–H and O–H groups in total. The Morgan fingerprint density at radius 3 is 2.39 bits per heavy atom. The molecule has 1 fully saturated rings. The van der Waals surface area contributed by atoms with Gasteiger partial charge in [-0.25, -0.2) is 17.2 Å². The molecule has 0 aliphatic carbocycles. The number of aryl methyl sites for hydroxylation is 1. The number of aromatic nitrogens is 1. The van der Waals surface area contributed by atoms with Crippen LogP contribution in [0.2, 0.25) is 0 Å². The number of pyridine rings is 1. The standard InChI is InChI=1S/C29H27F2N3O5S2/c1-19-14-24(41(38,39)33-11-9-29(30,31)10-12-33)16-32-27(19)21-2-4-22(5-3-21)34(17-20-8-13-40-18-20)28(37)25-7-6-23(35)15-26(25)36/h2-8,13-16,18,35-36H,9-12,17H2,1H3. The van der Waals surface area contributed by atoms with E-state index in [9.17, 15) is 32.2 Å². The summed E-state index contributed by atoms with van der Waals surface area (Å²) in [6.45, 7) is 1.47. The molecule has 0 spiro atoms. The van der Waals surface area contributed by atoms with Gasteiger partial charge in [0, 0.05) is 49.4 Å². The first kappa shape index (κ1) is 28.7. The number of anilines is 1. The van der Waals surface area contributed by atoms with E-state index in [1.807, 2.05) is 16.8 Å². The summed E-state index contributed by atoms with van der Waals surface area (Å²) in [5, 5.41) is 23.8. The molecule has 1 aliphatic heterocycles. The third-order valence-electron chi connectivity index (χ3n) is 6.97. The quantitative estimate of drug-likeness (QED) is 0.278. The number of alkyl halides is 2. The number of carbonyl (C=O) groups is 1. The maximum absolute atomic E-state index is 13.5. The second-order valence-electron chi connectivity index (χ2n) is 9.87. The predicted octanol–water partition coefficient (Wildman–Crippen LogP) is 5.80. The third-order valence-corrected chi connectivity index (χ3v) is 9.57. The van der Waals surface area contributed by atoms with E-state index in [0.717, 1.165) is 15.9 Å². The molecule has 5 rings (SSSR count). The molecule has 214 valence electrons.